The number of carbonyl (C=O) groups excluding carboxylic acids is 1. The average Bonchev–Trinajstić information content (AvgIpc) is 3.05. The molecule has 0 atom stereocenters. The summed E-state index contributed by atoms with van der Waals surface area (Å²) >= 11 is 1.70. The predicted molar refractivity (Wildman–Crippen MR) is 115 cm³/mol. The third-order valence-corrected chi connectivity index (χ3v) is 6.02. The number of thiazole rings is 1. The number of hydrogen-bond acceptors (Lipinski definition) is 4. The van der Waals surface area contributed by atoms with Gasteiger partial charge in [0.2, 0.25) is 0 Å². The van der Waals surface area contributed by atoms with Gasteiger partial charge in [-0.1, -0.05) is 12.1 Å². The van der Waals surface area contributed by atoms with Crippen LogP contribution in [0.15, 0.2) is 29.3 Å². The molecule has 1 aliphatic heterocycles. The minimum Gasteiger partial charge on any atom is -0.352 e. The van der Waals surface area contributed by atoms with Crippen LogP contribution >= 0.6 is 11.3 Å². The Hall–Kier alpha value is -2.41. The van der Waals surface area contributed by atoms with Crippen LogP contribution in [0.4, 0.5) is 0 Å². The lowest BCUT2D eigenvalue weighted by Gasteiger charge is -2.26. The molecule has 0 radical (unpaired) electrons. The third-order valence-electron chi connectivity index (χ3n) is 4.94. The molecule has 1 amide bonds. The second-order valence-electron chi connectivity index (χ2n) is 7.07. The van der Waals surface area contributed by atoms with Gasteiger partial charge in [-0.25, -0.2) is 4.98 Å². The number of aromatic nitrogens is 1. The van der Waals surface area contributed by atoms with Gasteiger partial charge in [0.1, 0.15) is 0 Å². The van der Waals surface area contributed by atoms with E-state index in [1.54, 1.807) is 18.4 Å². The zero-order valence-corrected chi connectivity index (χ0v) is 17.7. The molecule has 0 unspecified atom stereocenters. The molecular formula is C21H29N5OS. The number of aryl methyl sites for hydroxylation is 2. The van der Waals surface area contributed by atoms with Crippen molar-refractivity contribution >= 4 is 23.2 Å². The maximum absolute atomic E-state index is 12.5. The fourth-order valence-electron chi connectivity index (χ4n) is 3.35. The van der Waals surface area contributed by atoms with Gasteiger partial charge in [-0.15, -0.1) is 11.3 Å². The minimum absolute atomic E-state index is 0.145. The van der Waals surface area contributed by atoms with Crippen molar-refractivity contribution in [2.45, 2.75) is 46.2 Å². The van der Waals surface area contributed by atoms with Crippen molar-refractivity contribution in [3.05, 3.63) is 51.0 Å². The number of piperidine rings is 1. The molecule has 1 aromatic carbocycles. The highest BCUT2D eigenvalue weighted by Crippen LogP contribution is 2.16. The molecule has 2 N–H and O–H groups in total. The highest BCUT2D eigenvalue weighted by molar-refractivity contribution is 7.11. The van der Waals surface area contributed by atoms with Crippen LogP contribution in [-0.2, 0) is 13.1 Å². The van der Waals surface area contributed by atoms with Gasteiger partial charge in [-0.3, -0.25) is 9.79 Å². The zero-order chi connectivity index (χ0) is 19.9. The van der Waals surface area contributed by atoms with E-state index in [1.807, 2.05) is 43.0 Å². The van der Waals surface area contributed by atoms with Gasteiger partial charge < -0.3 is 15.5 Å². The summed E-state index contributed by atoms with van der Waals surface area (Å²) in [4.78, 5) is 24.5. The lowest BCUT2D eigenvalue weighted by Crippen LogP contribution is -2.36. The Morgan fingerprint density at radius 3 is 2.39 bits per heavy atom. The first kappa shape index (κ1) is 20.3. The van der Waals surface area contributed by atoms with Gasteiger partial charge >= 0.3 is 0 Å². The van der Waals surface area contributed by atoms with Crippen LogP contribution in [0, 0.1) is 13.8 Å². The summed E-state index contributed by atoms with van der Waals surface area (Å²) in [6.07, 6.45) is 3.45. The van der Waals surface area contributed by atoms with E-state index in [9.17, 15) is 4.79 Å². The maximum atomic E-state index is 12.5. The summed E-state index contributed by atoms with van der Waals surface area (Å²) in [5.74, 6) is 0.894. The summed E-state index contributed by atoms with van der Waals surface area (Å²) in [6.45, 7) is 7.17. The molecule has 6 nitrogen and oxygen atoms in total. The van der Waals surface area contributed by atoms with Gasteiger partial charge in [0.25, 0.3) is 5.91 Å². The Balaban J connectivity index is 1.50. The normalized spacial score (nSPS) is 14.8. The number of likely N-dealkylation sites (tertiary alicyclic amines) is 1. The molecule has 0 bridgehead atoms. The average molecular weight is 400 g/mol. The first-order valence-electron chi connectivity index (χ1n) is 9.82. The highest BCUT2D eigenvalue weighted by Gasteiger charge is 2.17. The van der Waals surface area contributed by atoms with E-state index in [1.165, 1.54) is 11.3 Å². The van der Waals surface area contributed by atoms with E-state index in [0.717, 1.165) is 53.7 Å². The van der Waals surface area contributed by atoms with Gasteiger partial charge in [-0.05, 0) is 50.8 Å². The van der Waals surface area contributed by atoms with Crippen LogP contribution in [0.2, 0.25) is 0 Å². The van der Waals surface area contributed by atoms with Crippen molar-refractivity contribution in [3.8, 4) is 0 Å². The van der Waals surface area contributed by atoms with Crippen molar-refractivity contribution in [3.63, 3.8) is 0 Å². The van der Waals surface area contributed by atoms with E-state index in [-0.39, 0.29) is 5.91 Å². The van der Waals surface area contributed by atoms with Crippen LogP contribution in [0.3, 0.4) is 0 Å². The minimum atomic E-state index is 0.145. The monoisotopic (exact) mass is 399 g/mol. The summed E-state index contributed by atoms with van der Waals surface area (Å²) in [5, 5.41) is 7.73. The fourth-order valence-corrected chi connectivity index (χ4v) is 4.23. The molecular weight excluding hydrogens is 370 g/mol. The zero-order valence-electron chi connectivity index (χ0n) is 16.9. The number of rotatable bonds is 5. The SMILES string of the molecule is CN=C(NCc1ccc(C(=O)N2CCCCC2)cc1)NCc1sc(C)nc1C. The Bertz CT molecular complexity index is 822. The van der Waals surface area contributed by atoms with E-state index in [4.69, 9.17) is 0 Å². The van der Waals surface area contributed by atoms with E-state index >= 15 is 0 Å². The van der Waals surface area contributed by atoms with Crippen LogP contribution in [0.25, 0.3) is 0 Å². The van der Waals surface area contributed by atoms with Crippen LogP contribution < -0.4 is 10.6 Å². The number of hydrogen-bond donors (Lipinski definition) is 2. The number of nitrogens with zero attached hydrogens (tertiary/aromatic N) is 3. The highest BCUT2D eigenvalue weighted by atomic mass is 32.1. The lowest BCUT2D eigenvalue weighted by atomic mass is 10.1. The topological polar surface area (TPSA) is 69.6 Å². The van der Waals surface area contributed by atoms with Crippen molar-refractivity contribution in [1.82, 2.24) is 20.5 Å². The number of nitrogens with one attached hydrogen (secondary N) is 2. The molecule has 0 aliphatic carbocycles. The molecule has 7 heteroatoms. The Morgan fingerprint density at radius 1 is 1.11 bits per heavy atom. The van der Waals surface area contributed by atoms with E-state index in [0.29, 0.717) is 13.1 Å². The Kier molecular flexibility index (Phi) is 7.03. The molecule has 1 aromatic heterocycles. The van der Waals surface area contributed by atoms with Gasteiger partial charge in [-0.2, -0.15) is 0 Å². The second-order valence-corrected chi connectivity index (χ2v) is 8.36. The van der Waals surface area contributed by atoms with Gasteiger partial charge in [0.05, 0.1) is 17.2 Å². The largest absolute Gasteiger partial charge is 0.352 e. The van der Waals surface area contributed by atoms with Crippen molar-refractivity contribution in [1.29, 1.82) is 0 Å². The summed E-state index contributed by atoms with van der Waals surface area (Å²) < 4.78 is 0. The fraction of sp³-hybridized carbons (Fsp3) is 0.476. The van der Waals surface area contributed by atoms with E-state index in [2.05, 4.69) is 20.6 Å². The van der Waals surface area contributed by atoms with E-state index < -0.39 is 0 Å². The van der Waals surface area contributed by atoms with Crippen LogP contribution in [0.5, 0.6) is 0 Å². The maximum Gasteiger partial charge on any atom is 0.253 e. The molecule has 2 aromatic rings. The molecule has 1 aliphatic rings. The molecule has 150 valence electrons. The standard InChI is InChI=1S/C21H29N5OS/c1-15-19(28-16(2)25-15)14-24-21(22-3)23-13-17-7-9-18(10-8-17)20(27)26-11-5-4-6-12-26/h7-10H,4-6,11-14H2,1-3H3,(H2,22,23,24). The quantitative estimate of drug-likeness (QED) is 0.598. The third kappa shape index (κ3) is 5.32. The molecule has 28 heavy (non-hydrogen) atoms. The van der Waals surface area contributed by atoms with Gasteiger partial charge in [0, 0.05) is 37.1 Å². The Morgan fingerprint density at radius 2 is 1.79 bits per heavy atom. The molecule has 1 saturated heterocycles. The predicted octanol–water partition coefficient (Wildman–Crippen LogP) is 3.25. The van der Waals surface area contributed by atoms with Crippen molar-refractivity contribution in [2.24, 2.45) is 4.99 Å². The van der Waals surface area contributed by atoms with Crippen LogP contribution in [0.1, 0.15) is 50.8 Å². The summed E-state index contributed by atoms with van der Waals surface area (Å²) in [5.41, 5.74) is 2.95. The molecule has 2 heterocycles. The first-order valence-corrected chi connectivity index (χ1v) is 10.6. The summed E-state index contributed by atoms with van der Waals surface area (Å²) in [6, 6.07) is 7.86. The second kappa shape index (κ2) is 9.68. The molecule has 0 saturated carbocycles. The van der Waals surface area contributed by atoms with Gasteiger partial charge in [0.15, 0.2) is 5.96 Å². The van der Waals surface area contributed by atoms with Crippen LogP contribution in [-0.4, -0.2) is 41.9 Å². The number of benzene rings is 1. The molecule has 3 rings (SSSR count). The summed E-state index contributed by atoms with van der Waals surface area (Å²) in [7, 11) is 1.76. The first-order chi connectivity index (χ1) is 13.6. The number of amides is 1. The lowest BCUT2D eigenvalue weighted by molar-refractivity contribution is 0.0724. The van der Waals surface area contributed by atoms with Crippen molar-refractivity contribution < 1.29 is 4.79 Å². The smallest absolute Gasteiger partial charge is 0.253 e. The number of carbonyl (C=O) groups is 1. The molecule has 0 spiro atoms. The van der Waals surface area contributed by atoms with Crippen molar-refractivity contribution in [2.75, 3.05) is 20.1 Å². The Labute approximate surface area is 171 Å². The molecule has 1 fully saturated rings. The number of aliphatic imine (C=N–C) groups is 1. The number of guanidine groups is 1.